The van der Waals surface area contributed by atoms with E-state index in [-0.39, 0.29) is 6.61 Å². The molecule has 1 atom stereocenters. The fourth-order valence-electron chi connectivity index (χ4n) is 2.54. The summed E-state index contributed by atoms with van der Waals surface area (Å²) in [5.41, 5.74) is 3.56. The number of fused-ring (bicyclic) bond motifs is 1. The zero-order chi connectivity index (χ0) is 12.4. The van der Waals surface area contributed by atoms with Gasteiger partial charge < -0.3 is 10.4 Å². The highest BCUT2D eigenvalue weighted by atomic mass is 32.1. The number of benzene rings is 1. The van der Waals surface area contributed by atoms with Crippen LogP contribution in [-0.2, 0) is 13.0 Å². The van der Waals surface area contributed by atoms with Crippen molar-refractivity contribution in [1.29, 1.82) is 0 Å². The minimum absolute atomic E-state index is 0.110. The number of hydrogen-bond acceptors (Lipinski definition) is 3. The number of hydrogen-bond donors (Lipinski definition) is 2. The summed E-state index contributed by atoms with van der Waals surface area (Å²) in [7, 11) is 0. The van der Waals surface area contributed by atoms with Crippen molar-refractivity contribution < 1.29 is 5.11 Å². The van der Waals surface area contributed by atoms with E-state index < -0.39 is 0 Å². The Balaban J connectivity index is 1.77. The number of anilines is 1. The monoisotopic (exact) mass is 259 g/mol. The van der Waals surface area contributed by atoms with E-state index >= 15 is 0 Å². The molecule has 0 radical (unpaired) electrons. The minimum Gasteiger partial charge on any atom is -0.392 e. The Labute approximate surface area is 111 Å². The van der Waals surface area contributed by atoms with Crippen molar-refractivity contribution in [3.8, 4) is 0 Å². The summed E-state index contributed by atoms with van der Waals surface area (Å²) in [5.74, 6) is 0. The minimum atomic E-state index is 0.110. The van der Waals surface area contributed by atoms with Gasteiger partial charge in [-0.05, 0) is 54.0 Å². The molecule has 1 aliphatic carbocycles. The second-order valence-corrected chi connectivity index (χ2v) is 5.74. The summed E-state index contributed by atoms with van der Waals surface area (Å²) in [4.78, 5) is 1.53. The summed E-state index contributed by atoms with van der Waals surface area (Å²) < 4.78 is 0. The fraction of sp³-hybridized carbons (Fsp3) is 0.333. The van der Waals surface area contributed by atoms with Crippen LogP contribution in [0.25, 0.3) is 0 Å². The molecule has 18 heavy (non-hydrogen) atoms. The quantitative estimate of drug-likeness (QED) is 0.880. The van der Waals surface area contributed by atoms with Gasteiger partial charge in [-0.1, -0.05) is 12.1 Å². The number of aliphatic hydroxyl groups excluding tert-OH is 1. The first-order valence-corrected chi connectivity index (χ1v) is 7.27. The molecule has 0 amide bonds. The van der Waals surface area contributed by atoms with E-state index in [0.717, 1.165) is 11.3 Å². The normalized spacial score (nSPS) is 18.4. The van der Waals surface area contributed by atoms with Gasteiger partial charge in [0.25, 0.3) is 0 Å². The van der Waals surface area contributed by atoms with Gasteiger partial charge in [-0.3, -0.25) is 0 Å². The van der Waals surface area contributed by atoms with Crippen LogP contribution >= 0.6 is 11.3 Å². The van der Waals surface area contributed by atoms with E-state index in [1.165, 1.54) is 29.7 Å². The first-order valence-electron chi connectivity index (χ1n) is 6.39. The molecule has 1 heterocycles. The van der Waals surface area contributed by atoms with E-state index in [4.69, 9.17) is 5.11 Å². The highest BCUT2D eigenvalue weighted by Crippen LogP contribution is 2.35. The Bertz CT molecular complexity index is 518. The van der Waals surface area contributed by atoms with Gasteiger partial charge in [0.2, 0.25) is 0 Å². The van der Waals surface area contributed by atoms with Crippen molar-refractivity contribution in [1.82, 2.24) is 0 Å². The Hall–Kier alpha value is -1.32. The number of aliphatic hydroxyl groups is 1. The molecule has 2 nitrogen and oxygen atoms in total. The number of rotatable bonds is 3. The maximum Gasteiger partial charge on any atom is 0.0681 e. The SMILES string of the molecule is OCc1ccc(NC2CCCc3sccc32)cc1. The molecule has 3 rings (SSSR count). The van der Waals surface area contributed by atoms with E-state index in [9.17, 15) is 0 Å². The van der Waals surface area contributed by atoms with Crippen LogP contribution in [-0.4, -0.2) is 5.11 Å². The van der Waals surface area contributed by atoms with Crippen LogP contribution in [0.15, 0.2) is 35.7 Å². The predicted octanol–water partition coefficient (Wildman–Crippen LogP) is 3.73. The van der Waals surface area contributed by atoms with Crippen LogP contribution in [0.5, 0.6) is 0 Å². The summed E-state index contributed by atoms with van der Waals surface area (Å²) in [6.07, 6.45) is 3.69. The van der Waals surface area contributed by atoms with Gasteiger partial charge >= 0.3 is 0 Å². The smallest absolute Gasteiger partial charge is 0.0681 e. The van der Waals surface area contributed by atoms with E-state index in [0.29, 0.717) is 6.04 Å². The van der Waals surface area contributed by atoms with Crippen molar-refractivity contribution >= 4 is 17.0 Å². The molecular formula is C15H17NOS. The number of nitrogens with one attached hydrogen (secondary N) is 1. The molecule has 1 aromatic carbocycles. The predicted molar refractivity (Wildman–Crippen MR) is 76.0 cm³/mol. The second kappa shape index (κ2) is 5.12. The molecule has 1 aliphatic rings. The summed E-state index contributed by atoms with van der Waals surface area (Å²) in [5, 5.41) is 14.8. The highest BCUT2D eigenvalue weighted by Gasteiger charge is 2.20. The molecule has 0 spiro atoms. The largest absolute Gasteiger partial charge is 0.392 e. The Morgan fingerprint density at radius 1 is 1.22 bits per heavy atom. The lowest BCUT2D eigenvalue weighted by atomic mass is 9.94. The standard InChI is InChI=1S/C15H17NOS/c17-10-11-4-6-12(7-5-11)16-14-2-1-3-15-13(14)8-9-18-15/h4-9,14,16-17H,1-3,10H2. The Morgan fingerprint density at radius 3 is 2.83 bits per heavy atom. The maximum atomic E-state index is 9.03. The maximum absolute atomic E-state index is 9.03. The lowest BCUT2D eigenvalue weighted by Crippen LogP contribution is -2.15. The Kier molecular flexibility index (Phi) is 3.35. The van der Waals surface area contributed by atoms with E-state index in [1.54, 1.807) is 0 Å². The van der Waals surface area contributed by atoms with Gasteiger partial charge in [0.15, 0.2) is 0 Å². The molecule has 1 aromatic heterocycles. The van der Waals surface area contributed by atoms with Crippen LogP contribution in [0.1, 0.15) is 34.9 Å². The third kappa shape index (κ3) is 2.28. The summed E-state index contributed by atoms with van der Waals surface area (Å²) >= 11 is 1.87. The number of aryl methyl sites for hydroxylation is 1. The van der Waals surface area contributed by atoms with Crippen molar-refractivity contribution in [2.24, 2.45) is 0 Å². The van der Waals surface area contributed by atoms with Crippen LogP contribution in [0, 0.1) is 0 Å². The molecular weight excluding hydrogens is 242 g/mol. The fourth-order valence-corrected chi connectivity index (χ4v) is 3.53. The van der Waals surface area contributed by atoms with Crippen LogP contribution in [0.4, 0.5) is 5.69 Å². The second-order valence-electron chi connectivity index (χ2n) is 4.74. The van der Waals surface area contributed by atoms with Crippen molar-refractivity contribution in [2.45, 2.75) is 31.9 Å². The van der Waals surface area contributed by atoms with Crippen molar-refractivity contribution in [3.63, 3.8) is 0 Å². The zero-order valence-corrected chi connectivity index (χ0v) is 11.0. The zero-order valence-electron chi connectivity index (χ0n) is 10.2. The molecule has 3 heteroatoms. The lowest BCUT2D eigenvalue weighted by Gasteiger charge is -2.24. The van der Waals surface area contributed by atoms with Crippen LogP contribution < -0.4 is 5.32 Å². The molecule has 1 unspecified atom stereocenters. The lowest BCUT2D eigenvalue weighted by molar-refractivity contribution is 0.282. The topological polar surface area (TPSA) is 32.3 Å². The molecule has 0 saturated carbocycles. The Morgan fingerprint density at radius 2 is 2.06 bits per heavy atom. The molecule has 0 fully saturated rings. The molecule has 94 valence electrons. The van der Waals surface area contributed by atoms with Crippen molar-refractivity contribution in [2.75, 3.05) is 5.32 Å². The van der Waals surface area contributed by atoms with Gasteiger partial charge in [0.1, 0.15) is 0 Å². The van der Waals surface area contributed by atoms with Gasteiger partial charge in [0.05, 0.1) is 12.6 Å². The number of thiophene rings is 1. The van der Waals surface area contributed by atoms with Crippen LogP contribution in [0.3, 0.4) is 0 Å². The average molecular weight is 259 g/mol. The van der Waals surface area contributed by atoms with Gasteiger partial charge in [-0.15, -0.1) is 11.3 Å². The van der Waals surface area contributed by atoms with Crippen molar-refractivity contribution in [3.05, 3.63) is 51.7 Å². The first-order chi connectivity index (χ1) is 8.86. The van der Waals surface area contributed by atoms with E-state index in [2.05, 4.69) is 16.8 Å². The molecule has 0 saturated heterocycles. The molecule has 2 N–H and O–H groups in total. The summed E-state index contributed by atoms with van der Waals surface area (Å²) in [6, 6.07) is 10.7. The molecule has 2 aromatic rings. The average Bonchev–Trinajstić information content (AvgIpc) is 2.89. The highest BCUT2D eigenvalue weighted by molar-refractivity contribution is 7.10. The molecule has 0 bridgehead atoms. The van der Waals surface area contributed by atoms with E-state index in [1.807, 2.05) is 35.6 Å². The van der Waals surface area contributed by atoms with Gasteiger partial charge in [0, 0.05) is 10.6 Å². The van der Waals surface area contributed by atoms with Crippen LogP contribution in [0.2, 0.25) is 0 Å². The third-order valence-corrected chi connectivity index (χ3v) is 4.53. The van der Waals surface area contributed by atoms with Gasteiger partial charge in [-0.25, -0.2) is 0 Å². The third-order valence-electron chi connectivity index (χ3n) is 3.53. The molecule has 0 aliphatic heterocycles. The van der Waals surface area contributed by atoms with Gasteiger partial charge in [-0.2, -0.15) is 0 Å². The first kappa shape index (κ1) is 11.8. The summed E-state index contributed by atoms with van der Waals surface area (Å²) in [6.45, 7) is 0.110.